The van der Waals surface area contributed by atoms with Crippen LogP contribution in [-0.2, 0) is 16.1 Å². The van der Waals surface area contributed by atoms with Gasteiger partial charge in [0.2, 0.25) is 0 Å². The Kier molecular flexibility index (Phi) is 9.49. The summed E-state index contributed by atoms with van der Waals surface area (Å²) in [5.41, 5.74) is 2.67. The molecule has 4 aromatic rings. The molecule has 1 aromatic heterocycles. The molecule has 7 heteroatoms. The second-order valence-corrected chi connectivity index (χ2v) is 10.9. The molecule has 0 aliphatic carbocycles. The standard InChI is InChI=1S/C35H39N3O4/c1-3-21-37(27-13-7-5-8-14-27)35(41)33-29-17-11-12-18-30(29)34(40)38(28-15-9-6-10-16-28)31(33)25-36-22-19-26(20-23-36)24-32(39)42-4-2/h5-18,26H,3-4,19-25H2,1-2H3. The maximum atomic E-state index is 14.7. The summed E-state index contributed by atoms with van der Waals surface area (Å²) < 4.78 is 6.91. The molecule has 42 heavy (non-hydrogen) atoms. The van der Waals surface area contributed by atoms with Crippen molar-refractivity contribution in [3.05, 3.63) is 107 Å². The van der Waals surface area contributed by atoms with E-state index in [4.69, 9.17) is 4.74 Å². The second-order valence-electron chi connectivity index (χ2n) is 10.9. The Balaban J connectivity index is 1.62. The maximum Gasteiger partial charge on any atom is 0.306 e. The van der Waals surface area contributed by atoms with Crippen molar-refractivity contribution < 1.29 is 14.3 Å². The predicted octanol–water partition coefficient (Wildman–Crippen LogP) is 6.21. The van der Waals surface area contributed by atoms with Gasteiger partial charge in [0.15, 0.2) is 0 Å². The third-order valence-electron chi connectivity index (χ3n) is 8.02. The van der Waals surface area contributed by atoms with Crippen molar-refractivity contribution in [1.82, 2.24) is 9.47 Å². The molecule has 1 amide bonds. The molecule has 0 saturated carbocycles. The smallest absolute Gasteiger partial charge is 0.306 e. The van der Waals surface area contributed by atoms with Crippen LogP contribution < -0.4 is 10.5 Å². The fourth-order valence-corrected chi connectivity index (χ4v) is 5.97. The van der Waals surface area contributed by atoms with Crippen molar-refractivity contribution in [2.45, 2.75) is 46.1 Å². The SMILES string of the molecule is CCCN(C(=O)c1c(CN2CCC(CC(=O)OCC)CC2)n(-c2ccccc2)c(=O)c2ccccc12)c1ccccc1. The Morgan fingerprint density at radius 2 is 1.48 bits per heavy atom. The molecule has 0 bridgehead atoms. The molecular formula is C35H39N3O4. The number of benzene rings is 3. The van der Waals surface area contributed by atoms with Gasteiger partial charge in [-0.2, -0.15) is 0 Å². The van der Waals surface area contributed by atoms with Gasteiger partial charge in [-0.15, -0.1) is 0 Å². The predicted molar refractivity (Wildman–Crippen MR) is 167 cm³/mol. The number of carbonyl (C=O) groups excluding carboxylic acids is 2. The number of ether oxygens (including phenoxy) is 1. The molecule has 0 unspecified atom stereocenters. The molecule has 218 valence electrons. The van der Waals surface area contributed by atoms with Crippen molar-refractivity contribution >= 4 is 28.3 Å². The lowest BCUT2D eigenvalue weighted by atomic mass is 9.93. The van der Waals surface area contributed by atoms with Gasteiger partial charge in [-0.05, 0) is 75.5 Å². The van der Waals surface area contributed by atoms with E-state index < -0.39 is 0 Å². The molecule has 0 N–H and O–H groups in total. The minimum Gasteiger partial charge on any atom is -0.466 e. The van der Waals surface area contributed by atoms with Crippen LogP contribution in [0.4, 0.5) is 5.69 Å². The number of hydrogen-bond donors (Lipinski definition) is 0. The third-order valence-corrected chi connectivity index (χ3v) is 8.02. The van der Waals surface area contributed by atoms with Crippen molar-refractivity contribution in [2.24, 2.45) is 5.92 Å². The fraction of sp³-hybridized carbons (Fsp3) is 0.343. The van der Waals surface area contributed by atoms with Crippen molar-refractivity contribution in [2.75, 3.05) is 31.1 Å². The number of likely N-dealkylation sites (tertiary alicyclic amines) is 1. The first-order valence-electron chi connectivity index (χ1n) is 15.0. The number of anilines is 1. The summed E-state index contributed by atoms with van der Waals surface area (Å²) in [7, 11) is 0. The average molecular weight is 566 g/mol. The summed E-state index contributed by atoms with van der Waals surface area (Å²) in [4.78, 5) is 45.0. The number of para-hydroxylation sites is 2. The summed E-state index contributed by atoms with van der Waals surface area (Å²) in [6.07, 6.45) is 2.94. The molecule has 0 atom stereocenters. The van der Waals surface area contributed by atoms with Crippen LogP contribution in [0.1, 0.15) is 55.6 Å². The van der Waals surface area contributed by atoms with E-state index in [9.17, 15) is 14.4 Å². The van der Waals surface area contributed by atoms with Crippen molar-refractivity contribution in [3.63, 3.8) is 0 Å². The molecule has 7 nitrogen and oxygen atoms in total. The number of piperidine rings is 1. The lowest BCUT2D eigenvalue weighted by Crippen LogP contribution is -2.39. The van der Waals surface area contributed by atoms with Gasteiger partial charge in [-0.1, -0.05) is 61.5 Å². The summed E-state index contributed by atoms with van der Waals surface area (Å²) in [6.45, 7) is 6.82. The van der Waals surface area contributed by atoms with Crippen LogP contribution in [0.15, 0.2) is 89.7 Å². The summed E-state index contributed by atoms with van der Waals surface area (Å²) >= 11 is 0. The number of fused-ring (bicyclic) bond motifs is 1. The molecule has 3 aromatic carbocycles. The first kappa shape index (κ1) is 29.3. The number of esters is 1. The highest BCUT2D eigenvalue weighted by Gasteiger charge is 2.29. The van der Waals surface area contributed by atoms with Crippen LogP contribution >= 0.6 is 0 Å². The number of amides is 1. The van der Waals surface area contributed by atoms with Crippen LogP contribution in [0, 0.1) is 5.92 Å². The summed E-state index contributed by atoms with van der Waals surface area (Å²) in [6, 6.07) is 26.8. The number of hydrogen-bond acceptors (Lipinski definition) is 5. The Bertz CT molecular complexity index is 1570. The normalized spacial score (nSPS) is 14.1. The minimum absolute atomic E-state index is 0.115. The molecular weight excluding hydrogens is 526 g/mol. The number of carbonyl (C=O) groups is 2. The lowest BCUT2D eigenvalue weighted by molar-refractivity contribution is -0.144. The van der Waals surface area contributed by atoms with Crippen LogP contribution in [0.25, 0.3) is 16.5 Å². The van der Waals surface area contributed by atoms with Gasteiger partial charge in [-0.25, -0.2) is 0 Å². The van der Waals surface area contributed by atoms with E-state index >= 15 is 0 Å². The highest BCUT2D eigenvalue weighted by atomic mass is 16.5. The van der Waals surface area contributed by atoms with E-state index in [1.807, 2.05) is 96.8 Å². The van der Waals surface area contributed by atoms with Gasteiger partial charge in [0, 0.05) is 41.7 Å². The summed E-state index contributed by atoms with van der Waals surface area (Å²) in [5.74, 6) is 0.0109. The zero-order valence-corrected chi connectivity index (χ0v) is 24.5. The molecule has 2 heterocycles. The second kappa shape index (κ2) is 13.6. The zero-order valence-electron chi connectivity index (χ0n) is 24.5. The van der Waals surface area contributed by atoms with Gasteiger partial charge in [0.05, 0.1) is 17.9 Å². The van der Waals surface area contributed by atoms with Crippen molar-refractivity contribution in [1.29, 1.82) is 0 Å². The zero-order chi connectivity index (χ0) is 29.5. The molecule has 0 radical (unpaired) electrons. The number of aromatic nitrogens is 1. The highest BCUT2D eigenvalue weighted by molar-refractivity contribution is 6.15. The minimum atomic E-state index is -0.145. The number of nitrogens with zero attached hydrogens (tertiary/aromatic N) is 3. The Hall–Kier alpha value is -4.23. The van der Waals surface area contributed by atoms with Gasteiger partial charge in [0.1, 0.15) is 0 Å². The first-order valence-corrected chi connectivity index (χ1v) is 15.0. The van der Waals surface area contributed by atoms with E-state index in [0.717, 1.165) is 43.7 Å². The van der Waals surface area contributed by atoms with Crippen LogP contribution in [0.2, 0.25) is 0 Å². The van der Waals surface area contributed by atoms with E-state index in [1.165, 1.54) is 0 Å². The van der Waals surface area contributed by atoms with E-state index in [0.29, 0.717) is 48.1 Å². The van der Waals surface area contributed by atoms with Gasteiger partial charge < -0.3 is 9.64 Å². The van der Waals surface area contributed by atoms with Gasteiger partial charge >= 0.3 is 5.97 Å². The van der Waals surface area contributed by atoms with Gasteiger partial charge in [-0.3, -0.25) is 23.9 Å². The van der Waals surface area contributed by atoms with E-state index in [2.05, 4.69) is 11.8 Å². The maximum absolute atomic E-state index is 14.7. The monoisotopic (exact) mass is 565 g/mol. The van der Waals surface area contributed by atoms with E-state index in [1.54, 1.807) is 4.57 Å². The molecule has 1 aliphatic heterocycles. The molecule has 1 aliphatic rings. The first-order chi connectivity index (χ1) is 20.5. The lowest BCUT2D eigenvalue weighted by Gasteiger charge is -2.33. The number of rotatable bonds is 10. The Morgan fingerprint density at radius 3 is 2.12 bits per heavy atom. The average Bonchev–Trinajstić information content (AvgIpc) is 3.02. The quantitative estimate of drug-likeness (QED) is 0.214. The topological polar surface area (TPSA) is 71.9 Å². The summed E-state index contributed by atoms with van der Waals surface area (Å²) in [5, 5.41) is 1.19. The number of pyridine rings is 1. The molecule has 0 spiro atoms. The van der Waals surface area contributed by atoms with Crippen molar-refractivity contribution in [3.8, 4) is 5.69 Å². The third kappa shape index (κ3) is 6.31. The van der Waals surface area contributed by atoms with Crippen LogP contribution in [0.5, 0.6) is 0 Å². The Morgan fingerprint density at radius 1 is 0.857 bits per heavy atom. The largest absolute Gasteiger partial charge is 0.466 e. The Labute approximate surface area is 247 Å². The molecule has 1 saturated heterocycles. The molecule has 5 rings (SSSR count). The van der Waals surface area contributed by atoms with Crippen LogP contribution in [-0.4, -0.2) is 47.6 Å². The van der Waals surface area contributed by atoms with Gasteiger partial charge in [0.25, 0.3) is 11.5 Å². The fourth-order valence-electron chi connectivity index (χ4n) is 5.97. The van der Waals surface area contributed by atoms with Crippen LogP contribution in [0.3, 0.4) is 0 Å². The van der Waals surface area contributed by atoms with E-state index in [-0.39, 0.29) is 23.4 Å². The molecule has 1 fully saturated rings. The highest BCUT2D eigenvalue weighted by Crippen LogP contribution is 2.29.